The van der Waals surface area contributed by atoms with Gasteiger partial charge in [-0.3, -0.25) is 4.98 Å². The summed E-state index contributed by atoms with van der Waals surface area (Å²) in [5.74, 6) is 0. The van der Waals surface area contributed by atoms with Crippen LogP contribution >= 0.6 is 45.3 Å². The Hall–Kier alpha value is -6.71. The molecule has 14 aromatic heterocycles. The van der Waals surface area contributed by atoms with Gasteiger partial charge < -0.3 is 41.1 Å². The number of nitrogens with zero attached hydrogens (tertiary/aromatic N) is 10. The van der Waals surface area contributed by atoms with Crippen molar-refractivity contribution in [2.24, 2.45) is 63.4 Å². The van der Waals surface area contributed by atoms with Gasteiger partial charge in [-0.05, 0) is 114 Å². The lowest BCUT2D eigenvalue weighted by Crippen LogP contribution is -2.16. The Morgan fingerprint density at radius 1 is 0.333 bits per heavy atom. The number of fused-ring (bicyclic) bond motifs is 7. The van der Waals surface area contributed by atoms with Crippen LogP contribution in [0.3, 0.4) is 0 Å². The summed E-state index contributed by atoms with van der Waals surface area (Å²) in [5, 5.41) is 14.2. The number of pyridine rings is 1. The second-order valence-electron chi connectivity index (χ2n) is 33.7. The molecule has 0 radical (unpaired) electrons. The van der Waals surface area contributed by atoms with E-state index in [2.05, 4.69) is 375 Å². The zero-order valence-electron chi connectivity index (χ0n) is 64.7. The lowest BCUT2D eigenvalue weighted by Gasteiger charge is -2.20. The maximum absolute atomic E-state index is 4.36. The van der Waals surface area contributed by atoms with Crippen molar-refractivity contribution in [2.75, 3.05) is 0 Å². The molecule has 14 aromatic rings. The topological polar surface area (TPSA) is 57.3 Å². The quantitative estimate of drug-likeness (QED) is 0.149. The fraction of sp³-hybridized carbons (Fsp3) is 0.476. The largest absolute Gasteiger partial charge is 0.350 e. The fourth-order valence-corrected chi connectivity index (χ4v) is 17.8. The summed E-state index contributed by atoms with van der Waals surface area (Å²) in [6, 6.07) is 28.6. The minimum atomic E-state index is 0.176. The smallest absolute Gasteiger partial charge is 0.119 e. The zero-order chi connectivity index (χ0) is 71.7. The van der Waals surface area contributed by atoms with Crippen molar-refractivity contribution < 1.29 is 0 Å². The molecule has 0 bridgehead atoms. The van der Waals surface area contributed by atoms with Crippen molar-refractivity contribution in [3.63, 3.8) is 0 Å². The van der Waals surface area contributed by atoms with Gasteiger partial charge >= 0.3 is 0 Å². The molecular weight excluding hydrogens is 1250 g/mol. The van der Waals surface area contributed by atoms with Crippen LogP contribution in [0.15, 0.2) is 119 Å². The monoisotopic (exact) mass is 1370 g/mol. The van der Waals surface area contributed by atoms with E-state index in [4.69, 9.17) is 0 Å². The molecule has 10 nitrogen and oxygen atoms in total. The predicted octanol–water partition coefficient (Wildman–Crippen LogP) is 23.3. The van der Waals surface area contributed by atoms with Gasteiger partial charge in [0, 0.05) is 193 Å². The van der Waals surface area contributed by atoms with E-state index in [-0.39, 0.29) is 37.9 Å². The van der Waals surface area contributed by atoms with Gasteiger partial charge in [-0.25, -0.2) is 0 Å². The van der Waals surface area contributed by atoms with Crippen molar-refractivity contribution in [1.29, 1.82) is 0 Å². The first-order valence-corrected chi connectivity index (χ1v) is 37.5. The first-order chi connectivity index (χ1) is 44.2. The van der Waals surface area contributed by atoms with Crippen LogP contribution in [0.25, 0.3) is 73.7 Å². The van der Waals surface area contributed by atoms with Crippen LogP contribution < -0.4 is 0 Å². The molecule has 0 aliphatic heterocycles. The van der Waals surface area contributed by atoms with Crippen molar-refractivity contribution in [3.8, 4) is 0 Å². The van der Waals surface area contributed by atoms with Crippen LogP contribution in [0.4, 0.5) is 0 Å². The van der Waals surface area contributed by atoms with Crippen molar-refractivity contribution in [3.05, 3.63) is 170 Å². The maximum Gasteiger partial charge on any atom is 0.119 e. The highest BCUT2D eigenvalue weighted by molar-refractivity contribution is 7.18. The molecule has 14 heteroatoms. The van der Waals surface area contributed by atoms with Crippen molar-refractivity contribution in [1.82, 2.24) is 46.1 Å². The number of hydrogen-bond donors (Lipinski definition) is 0. The number of thiophene rings is 4. The van der Waals surface area contributed by atoms with Gasteiger partial charge in [0.2, 0.25) is 0 Å². The molecule has 0 amide bonds. The van der Waals surface area contributed by atoms with E-state index in [1.165, 1.54) is 119 Å². The second-order valence-corrected chi connectivity index (χ2v) is 37.3. The molecule has 0 fully saturated rings. The Kier molecular flexibility index (Phi) is 21.5. The van der Waals surface area contributed by atoms with E-state index in [0.29, 0.717) is 0 Å². The Morgan fingerprint density at radius 3 is 1.33 bits per heavy atom. The molecular formula is C82H116N10S4. The summed E-state index contributed by atoms with van der Waals surface area (Å²) in [5.41, 5.74) is 21.7. The maximum atomic E-state index is 4.36. The van der Waals surface area contributed by atoms with Crippen molar-refractivity contribution in [2.45, 2.75) is 197 Å². The molecule has 0 N–H and O–H groups in total. The number of aryl methyl sites for hydroxylation is 9. The van der Waals surface area contributed by atoms with Crippen LogP contribution in [0, 0.1) is 13.8 Å². The van der Waals surface area contributed by atoms with Gasteiger partial charge in [0.1, 0.15) is 10.5 Å². The lowest BCUT2D eigenvalue weighted by atomic mass is 9.90. The first-order valence-electron chi connectivity index (χ1n) is 33.9. The van der Waals surface area contributed by atoms with Gasteiger partial charge in [-0.15, -0.1) is 45.3 Å². The van der Waals surface area contributed by atoms with E-state index >= 15 is 0 Å². The molecule has 518 valence electrons. The highest BCUT2D eigenvalue weighted by Crippen LogP contribution is 2.40. The molecule has 0 aliphatic carbocycles. The molecule has 96 heavy (non-hydrogen) atoms. The lowest BCUT2D eigenvalue weighted by molar-refractivity contribution is 0.544. The number of hydrogen-bond acceptors (Lipinski definition) is 5. The molecule has 14 rings (SSSR count). The van der Waals surface area contributed by atoms with E-state index in [0.717, 1.165) is 5.52 Å². The Morgan fingerprint density at radius 2 is 0.802 bits per heavy atom. The number of rotatable bonds is 0. The third kappa shape index (κ3) is 15.6. The van der Waals surface area contributed by atoms with Crippen LogP contribution in [0.1, 0.15) is 197 Å². The predicted molar refractivity (Wildman–Crippen MR) is 428 cm³/mol. The van der Waals surface area contributed by atoms with Crippen LogP contribution in [0.2, 0.25) is 0 Å². The van der Waals surface area contributed by atoms with E-state index < -0.39 is 0 Å². The summed E-state index contributed by atoms with van der Waals surface area (Å²) in [6.07, 6.45) is 6.06. The summed E-state index contributed by atoms with van der Waals surface area (Å²) in [7, 11) is 19.2. The molecule has 0 aromatic carbocycles. The molecule has 0 saturated heterocycles. The molecule has 0 saturated carbocycles. The molecule has 14 heterocycles. The average molecular weight is 1370 g/mol. The summed E-state index contributed by atoms with van der Waals surface area (Å²) in [6.45, 7) is 51.8. The molecule has 0 aliphatic rings. The zero-order valence-corrected chi connectivity index (χ0v) is 67.9. The average Bonchev–Trinajstić information content (AvgIpc) is 1.56. The van der Waals surface area contributed by atoms with Gasteiger partial charge in [-0.1, -0.05) is 145 Å². The molecule has 0 atom stereocenters. The van der Waals surface area contributed by atoms with E-state index in [1.54, 1.807) is 0 Å². The minimum absolute atomic E-state index is 0.176. The fourth-order valence-electron chi connectivity index (χ4n) is 13.9. The summed E-state index contributed by atoms with van der Waals surface area (Å²) in [4.78, 5) is 5.73. The van der Waals surface area contributed by atoms with Gasteiger partial charge in [0.05, 0.1) is 41.7 Å². The Bertz CT molecular complexity index is 4750. The third-order valence-corrected chi connectivity index (χ3v) is 22.5. The van der Waals surface area contributed by atoms with E-state index in [1.807, 2.05) is 57.6 Å². The summed E-state index contributed by atoms with van der Waals surface area (Å²) >= 11 is 7.33. The van der Waals surface area contributed by atoms with Gasteiger partial charge in [0.25, 0.3) is 0 Å². The van der Waals surface area contributed by atoms with Crippen molar-refractivity contribution >= 4 is 119 Å². The first kappa shape index (κ1) is 75.1. The van der Waals surface area contributed by atoms with Crippen LogP contribution in [-0.4, -0.2) is 46.1 Å². The SMILES string of the molecule is Cc1c2ccsc2c(C(C)(C)C)n1C.Cc1c2sccc2c(C(C)(C)C)n1C.Cn1c(C(C)(C)C)cc2ccsc21.Cn1c(C(C)(C)C)cc2ncccc21.Cn1c(C(C)(C)C)cc2sccc21.Cn1ccc2c1cc(C(C)(C)C)n2C.Cn1ccc2cc(C(C)(C)C)n(C)c21. The van der Waals surface area contributed by atoms with Crippen LogP contribution in [0.5, 0.6) is 0 Å². The minimum Gasteiger partial charge on any atom is -0.350 e. The third-order valence-electron chi connectivity index (χ3n) is 18.7. The van der Waals surface area contributed by atoms with Gasteiger partial charge in [-0.2, -0.15) is 0 Å². The highest BCUT2D eigenvalue weighted by Gasteiger charge is 2.27. The van der Waals surface area contributed by atoms with Gasteiger partial charge in [0.15, 0.2) is 0 Å². The van der Waals surface area contributed by atoms with Crippen LogP contribution in [-0.2, 0) is 101 Å². The Balaban J connectivity index is 0.000000143. The normalized spacial score (nSPS) is 12.6. The molecule has 0 unspecified atom stereocenters. The molecule has 0 spiro atoms. The Labute approximate surface area is 591 Å². The highest BCUT2D eigenvalue weighted by atomic mass is 32.1. The second kappa shape index (κ2) is 27.5. The standard InChI is InChI=1S/2C12H18N2.C12H16N2.2C12H17NS.2C11H15NS/c1-12(2,3)11-8-10-9(14(11)5)6-7-13(10)4;1-12(2,3)10-8-9-6-7-13(4)11(9)14(10)5;1-12(2,3)11-8-9-10(14(11)4)6-5-7-13-9;1-8-10-9(6-7-14-10)11(13(8)5)12(2,3)4;1-8-9-6-7-14-10(9)11(13(8)5)12(2,3)4;1-11(2,3)10-7-9-8(12(10)4)5-6-13-9;1-11(2,3)9-7-8-5-6-13-10(8)12(9)4/h2*6-8H,1-5H3;5-8H,1-4H3;2*6-7H,1-5H3;2*5-7H,1-4H3. The number of aromatic nitrogens is 10. The summed E-state index contributed by atoms with van der Waals surface area (Å²) < 4.78 is 24.7. The van der Waals surface area contributed by atoms with E-state index in [9.17, 15) is 0 Å².